The van der Waals surface area contributed by atoms with Crippen molar-refractivity contribution < 1.29 is 14.2 Å². The molecule has 0 atom stereocenters. The molecule has 0 radical (unpaired) electrons. The number of anilines is 2. The van der Waals surface area contributed by atoms with Gasteiger partial charge in [0.1, 0.15) is 12.1 Å². The van der Waals surface area contributed by atoms with Crippen LogP contribution in [-0.4, -0.2) is 41.1 Å². The average molecular weight is 315 g/mol. The Balaban J connectivity index is 2.05. The van der Waals surface area contributed by atoms with Crippen molar-refractivity contribution in [2.24, 2.45) is 7.05 Å². The van der Waals surface area contributed by atoms with Gasteiger partial charge >= 0.3 is 0 Å². The Kier molecular flexibility index (Phi) is 3.88. The molecule has 0 fully saturated rings. The molecule has 0 aliphatic rings. The average Bonchev–Trinajstić information content (AvgIpc) is 2.96. The molecule has 3 aromatic rings. The number of methoxy groups -OCH3 is 3. The van der Waals surface area contributed by atoms with Crippen LogP contribution in [0.5, 0.6) is 17.2 Å². The van der Waals surface area contributed by atoms with E-state index in [0.717, 1.165) is 16.7 Å². The number of nitrogens with zero attached hydrogens (tertiary/aromatic N) is 4. The van der Waals surface area contributed by atoms with Crippen LogP contribution in [0.15, 0.2) is 24.7 Å². The SMILES string of the molecule is COc1cc(Nc2ncnc3c2cnn3C)cc(OC)c1OC. The summed E-state index contributed by atoms with van der Waals surface area (Å²) < 4.78 is 17.7. The minimum Gasteiger partial charge on any atom is -0.493 e. The van der Waals surface area contributed by atoms with Crippen LogP contribution >= 0.6 is 0 Å². The van der Waals surface area contributed by atoms with Crippen LogP contribution in [-0.2, 0) is 7.05 Å². The summed E-state index contributed by atoms with van der Waals surface area (Å²) in [5.74, 6) is 2.31. The van der Waals surface area contributed by atoms with Crippen molar-refractivity contribution in [3.63, 3.8) is 0 Å². The number of ether oxygens (including phenoxy) is 3. The summed E-state index contributed by atoms with van der Waals surface area (Å²) in [5, 5.41) is 8.26. The molecule has 2 heterocycles. The molecule has 23 heavy (non-hydrogen) atoms. The first kappa shape index (κ1) is 14.9. The van der Waals surface area contributed by atoms with Crippen molar-refractivity contribution in [2.75, 3.05) is 26.6 Å². The van der Waals surface area contributed by atoms with Gasteiger partial charge in [0.25, 0.3) is 0 Å². The van der Waals surface area contributed by atoms with Gasteiger partial charge in [-0.25, -0.2) is 9.97 Å². The van der Waals surface area contributed by atoms with Crippen molar-refractivity contribution in [3.05, 3.63) is 24.7 Å². The summed E-state index contributed by atoms with van der Waals surface area (Å²) in [7, 11) is 6.55. The fourth-order valence-corrected chi connectivity index (χ4v) is 2.35. The second-order valence-corrected chi connectivity index (χ2v) is 4.77. The molecule has 0 spiro atoms. The number of hydrogen-bond acceptors (Lipinski definition) is 7. The third-order valence-electron chi connectivity index (χ3n) is 3.46. The van der Waals surface area contributed by atoms with E-state index >= 15 is 0 Å². The van der Waals surface area contributed by atoms with E-state index in [0.29, 0.717) is 23.1 Å². The van der Waals surface area contributed by atoms with E-state index in [1.807, 2.05) is 19.2 Å². The van der Waals surface area contributed by atoms with Gasteiger partial charge in [-0.2, -0.15) is 5.10 Å². The lowest BCUT2D eigenvalue weighted by Crippen LogP contribution is -2.00. The zero-order chi connectivity index (χ0) is 16.4. The third kappa shape index (κ3) is 2.59. The van der Waals surface area contributed by atoms with Gasteiger partial charge in [0.05, 0.1) is 32.9 Å². The smallest absolute Gasteiger partial charge is 0.203 e. The molecule has 0 aliphatic carbocycles. The molecule has 0 saturated heterocycles. The van der Waals surface area contributed by atoms with E-state index in [4.69, 9.17) is 14.2 Å². The molecule has 0 unspecified atom stereocenters. The number of rotatable bonds is 5. The van der Waals surface area contributed by atoms with Gasteiger partial charge in [0.15, 0.2) is 17.1 Å². The maximum Gasteiger partial charge on any atom is 0.203 e. The summed E-state index contributed by atoms with van der Waals surface area (Å²) in [6, 6.07) is 3.62. The summed E-state index contributed by atoms with van der Waals surface area (Å²) in [4.78, 5) is 8.50. The molecule has 0 saturated carbocycles. The molecule has 0 bridgehead atoms. The number of benzene rings is 1. The molecular weight excluding hydrogens is 298 g/mol. The minimum absolute atomic E-state index is 0.537. The fraction of sp³-hybridized carbons (Fsp3) is 0.267. The minimum atomic E-state index is 0.537. The van der Waals surface area contributed by atoms with E-state index in [-0.39, 0.29) is 0 Å². The summed E-state index contributed by atoms with van der Waals surface area (Å²) in [6.45, 7) is 0. The molecule has 2 aromatic heterocycles. The number of nitrogens with one attached hydrogen (secondary N) is 1. The van der Waals surface area contributed by atoms with Crippen molar-refractivity contribution in [1.29, 1.82) is 0 Å². The van der Waals surface area contributed by atoms with Crippen LogP contribution in [0.3, 0.4) is 0 Å². The fourth-order valence-electron chi connectivity index (χ4n) is 2.35. The van der Waals surface area contributed by atoms with Crippen molar-refractivity contribution in [3.8, 4) is 17.2 Å². The Morgan fingerprint density at radius 1 is 1.00 bits per heavy atom. The highest BCUT2D eigenvalue weighted by molar-refractivity contribution is 5.88. The maximum atomic E-state index is 5.35. The molecule has 120 valence electrons. The number of aromatic nitrogens is 4. The highest BCUT2D eigenvalue weighted by Gasteiger charge is 2.15. The molecule has 0 aliphatic heterocycles. The highest BCUT2D eigenvalue weighted by atomic mass is 16.5. The largest absolute Gasteiger partial charge is 0.493 e. The molecule has 3 rings (SSSR count). The van der Waals surface area contributed by atoms with Crippen molar-refractivity contribution in [1.82, 2.24) is 19.7 Å². The monoisotopic (exact) mass is 315 g/mol. The predicted molar refractivity (Wildman–Crippen MR) is 85.7 cm³/mol. The number of hydrogen-bond donors (Lipinski definition) is 1. The molecule has 1 N–H and O–H groups in total. The lowest BCUT2D eigenvalue weighted by molar-refractivity contribution is 0.324. The van der Waals surface area contributed by atoms with Crippen LogP contribution in [0.25, 0.3) is 11.0 Å². The first-order valence-corrected chi connectivity index (χ1v) is 6.87. The van der Waals surface area contributed by atoms with Crippen LogP contribution in [0.4, 0.5) is 11.5 Å². The Hall–Kier alpha value is -3.03. The summed E-state index contributed by atoms with van der Waals surface area (Å²) in [6.07, 6.45) is 3.21. The Labute approximate surface area is 133 Å². The molecule has 1 aromatic carbocycles. The number of fused-ring (bicyclic) bond motifs is 1. The number of aryl methyl sites for hydroxylation is 1. The van der Waals surface area contributed by atoms with Crippen LogP contribution in [0, 0.1) is 0 Å². The lowest BCUT2D eigenvalue weighted by Gasteiger charge is -2.15. The Morgan fingerprint density at radius 3 is 2.30 bits per heavy atom. The third-order valence-corrected chi connectivity index (χ3v) is 3.46. The van der Waals surface area contributed by atoms with Gasteiger partial charge in [-0.3, -0.25) is 4.68 Å². The van der Waals surface area contributed by atoms with Crippen molar-refractivity contribution >= 4 is 22.5 Å². The second kappa shape index (κ2) is 5.99. The van der Waals surface area contributed by atoms with Gasteiger partial charge in [0.2, 0.25) is 5.75 Å². The van der Waals surface area contributed by atoms with E-state index in [9.17, 15) is 0 Å². The van der Waals surface area contributed by atoms with Gasteiger partial charge in [-0.05, 0) is 0 Å². The van der Waals surface area contributed by atoms with Crippen LogP contribution in [0.2, 0.25) is 0 Å². The van der Waals surface area contributed by atoms with Gasteiger partial charge in [-0.15, -0.1) is 0 Å². The normalized spacial score (nSPS) is 10.6. The molecule has 8 nitrogen and oxygen atoms in total. The highest BCUT2D eigenvalue weighted by Crippen LogP contribution is 2.40. The Bertz CT molecular complexity index is 821. The van der Waals surface area contributed by atoms with Crippen molar-refractivity contribution in [2.45, 2.75) is 0 Å². The first-order chi connectivity index (χ1) is 11.2. The first-order valence-electron chi connectivity index (χ1n) is 6.87. The van der Waals surface area contributed by atoms with Gasteiger partial charge in [-0.1, -0.05) is 0 Å². The molecule has 0 amide bonds. The lowest BCUT2D eigenvalue weighted by atomic mass is 10.2. The predicted octanol–water partition coefficient (Wildman–Crippen LogP) is 2.13. The van der Waals surface area contributed by atoms with Crippen LogP contribution in [0.1, 0.15) is 0 Å². The molecular formula is C15H17N5O3. The van der Waals surface area contributed by atoms with E-state index < -0.39 is 0 Å². The van der Waals surface area contributed by atoms with E-state index in [1.165, 1.54) is 6.33 Å². The van der Waals surface area contributed by atoms with Gasteiger partial charge in [0, 0.05) is 24.9 Å². The zero-order valence-electron chi connectivity index (χ0n) is 13.3. The zero-order valence-corrected chi connectivity index (χ0v) is 13.3. The standard InChI is InChI=1S/C15H17N5O3/c1-20-15-10(7-18-20)14(16-8-17-15)19-9-5-11(21-2)13(23-4)12(6-9)22-3/h5-8H,1-4H3,(H,16,17,19). The maximum absolute atomic E-state index is 5.35. The van der Waals surface area contributed by atoms with Gasteiger partial charge < -0.3 is 19.5 Å². The Morgan fingerprint density at radius 2 is 1.70 bits per heavy atom. The summed E-state index contributed by atoms with van der Waals surface area (Å²) >= 11 is 0. The summed E-state index contributed by atoms with van der Waals surface area (Å²) in [5.41, 5.74) is 1.50. The molecule has 8 heteroatoms. The second-order valence-electron chi connectivity index (χ2n) is 4.77. The van der Waals surface area contributed by atoms with E-state index in [1.54, 1.807) is 32.2 Å². The van der Waals surface area contributed by atoms with E-state index in [2.05, 4.69) is 20.4 Å². The topological polar surface area (TPSA) is 83.3 Å². The van der Waals surface area contributed by atoms with Crippen LogP contribution < -0.4 is 19.5 Å². The quantitative estimate of drug-likeness (QED) is 0.772.